The summed E-state index contributed by atoms with van der Waals surface area (Å²) in [6, 6.07) is 18.8. The molecule has 184 valence electrons. The van der Waals surface area contributed by atoms with Gasteiger partial charge in [-0.3, -0.25) is 9.59 Å². The van der Waals surface area contributed by atoms with Gasteiger partial charge in [-0.05, 0) is 54.4 Å². The number of carbonyl (C=O) groups excluding carboxylic acids is 2. The third-order valence-corrected chi connectivity index (χ3v) is 6.64. The summed E-state index contributed by atoms with van der Waals surface area (Å²) in [5.74, 6) is -0.578. The quantitative estimate of drug-likeness (QED) is 0.281. The van der Waals surface area contributed by atoms with E-state index in [9.17, 15) is 22.8 Å². The lowest BCUT2D eigenvalue weighted by atomic mass is 10.1. The minimum Gasteiger partial charge on any atom is -0.326 e. The van der Waals surface area contributed by atoms with Crippen LogP contribution in [0.2, 0.25) is 5.02 Å². The zero-order valence-corrected chi connectivity index (χ0v) is 20.4. The summed E-state index contributed by atoms with van der Waals surface area (Å²) < 4.78 is 39.4. The van der Waals surface area contributed by atoms with Crippen LogP contribution in [0.4, 0.5) is 24.5 Å². The van der Waals surface area contributed by atoms with Crippen LogP contribution in [0.1, 0.15) is 42.6 Å². The van der Waals surface area contributed by atoms with Gasteiger partial charge in [0.25, 0.3) is 0 Å². The molecule has 0 saturated heterocycles. The first-order valence-corrected chi connectivity index (χ1v) is 12.2. The molecule has 0 aliphatic heterocycles. The van der Waals surface area contributed by atoms with Crippen LogP contribution in [0.5, 0.6) is 0 Å². The van der Waals surface area contributed by atoms with Gasteiger partial charge in [-0.1, -0.05) is 55.3 Å². The van der Waals surface area contributed by atoms with Gasteiger partial charge in [0.2, 0.25) is 11.8 Å². The van der Waals surface area contributed by atoms with Crippen molar-refractivity contribution in [1.82, 2.24) is 0 Å². The molecule has 0 aliphatic rings. The van der Waals surface area contributed by atoms with Gasteiger partial charge in [-0.15, -0.1) is 11.8 Å². The van der Waals surface area contributed by atoms with Gasteiger partial charge in [0.05, 0.1) is 16.3 Å². The van der Waals surface area contributed by atoms with E-state index in [-0.39, 0.29) is 16.6 Å². The zero-order valence-electron chi connectivity index (χ0n) is 18.9. The molecule has 3 rings (SSSR count). The fraction of sp³-hybridized carbons (Fsp3) is 0.231. The average molecular weight is 521 g/mol. The monoisotopic (exact) mass is 520 g/mol. The largest absolute Gasteiger partial charge is 0.416 e. The molecule has 1 atom stereocenters. The number of unbranched alkanes of at least 4 members (excludes halogenated alkanes) is 1. The molecule has 1 unspecified atom stereocenters. The second kappa shape index (κ2) is 12.1. The average Bonchev–Trinajstić information content (AvgIpc) is 2.83. The van der Waals surface area contributed by atoms with Crippen molar-refractivity contribution in [3.63, 3.8) is 0 Å². The summed E-state index contributed by atoms with van der Waals surface area (Å²) in [6.07, 6.45) is -2.38. The van der Waals surface area contributed by atoms with E-state index in [1.165, 1.54) is 11.8 Å². The first kappa shape index (κ1) is 26.6. The van der Waals surface area contributed by atoms with Gasteiger partial charge >= 0.3 is 6.18 Å². The van der Waals surface area contributed by atoms with E-state index in [4.69, 9.17) is 11.6 Å². The highest BCUT2D eigenvalue weighted by molar-refractivity contribution is 8.00. The normalized spacial score (nSPS) is 12.1. The van der Waals surface area contributed by atoms with E-state index in [1.807, 2.05) is 13.0 Å². The molecule has 0 aromatic heterocycles. The molecule has 0 saturated carbocycles. The molecule has 0 bridgehead atoms. The predicted molar refractivity (Wildman–Crippen MR) is 135 cm³/mol. The highest BCUT2D eigenvalue weighted by atomic mass is 35.5. The molecular formula is C26H24ClF3N2O2S. The second-order valence-electron chi connectivity index (χ2n) is 7.77. The molecule has 3 aromatic carbocycles. The lowest BCUT2D eigenvalue weighted by molar-refractivity contribution is -0.137. The fourth-order valence-electron chi connectivity index (χ4n) is 3.21. The van der Waals surface area contributed by atoms with Crippen molar-refractivity contribution >= 4 is 46.6 Å². The maximum absolute atomic E-state index is 13.2. The lowest BCUT2D eigenvalue weighted by Crippen LogP contribution is -2.19. The molecular weight excluding hydrogens is 497 g/mol. The summed E-state index contributed by atoms with van der Waals surface area (Å²) in [7, 11) is 0. The number of amides is 2. The minimum absolute atomic E-state index is 0.00586. The molecule has 0 aliphatic carbocycles. The smallest absolute Gasteiger partial charge is 0.326 e. The highest BCUT2D eigenvalue weighted by Crippen LogP contribution is 2.38. The molecule has 9 heteroatoms. The Hall–Kier alpha value is -2.97. The number of rotatable bonds is 9. The highest BCUT2D eigenvalue weighted by Gasteiger charge is 2.31. The molecule has 2 N–H and O–H groups in total. The molecule has 35 heavy (non-hydrogen) atoms. The van der Waals surface area contributed by atoms with Gasteiger partial charge in [-0.25, -0.2) is 0 Å². The number of hydrogen-bond donors (Lipinski definition) is 2. The summed E-state index contributed by atoms with van der Waals surface area (Å²) >= 11 is 7.30. The standard InChI is InChI=1S/C26H24ClF3N2O2S/c1-2-3-9-23(33)31-19-11-13-20(14-12-19)35-24(17-7-5-4-6-8-17)25(34)32-22-16-18(26(28,29)30)10-15-21(22)27/h4-8,10-16,24H,2-3,9H2,1H3,(H,31,33)(H,32,34). The molecule has 0 fully saturated rings. The number of anilines is 2. The number of benzene rings is 3. The SMILES string of the molecule is CCCCC(=O)Nc1ccc(SC(C(=O)Nc2cc(C(F)(F)F)ccc2Cl)c2ccccc2)cc1. The number of hydrogen-bond acceptors (Lipinski definition) is 3. The van der Waals surface area contributed by atoms with Crippen LogP contribution in [0.25, 0.3) is 0 Å². The van der Waals surface area contributed by atoms with Crippen molar-refractivity contribution < 1.29 is 22.8 Å². The van der Waals surface area contributed by atoms with Crippen molar-refractivity contribution in [2.24, 2.45) is 0 Å². The molecule has 0 radical (unpaired) electrons. The maximum Gasteiger partial charge on any atom is 0.416 e. The van der Waals surface area contributed by atoms with Crippen LogP contribution < -0.4 is 10.6 Å². The van der Waals surface area contributed by atoms with Crippen LogP contribution in [0.15, 0.2) is 77.7 Å². The Morgan fingerprint density at radius 2 is 1.66 bits per heavy atom. The van der Waals surface area contributed by atoms with E-state index in [1.54, 1.807) is 48.5 Å². The number of alkyl halides is 3. The van der Waals surface area contributed by atoms with E-state index in [2.05, 4.69) is 10.6 Å². The summed E-state index contributed by atoms with van der Waals surface area (Å²) in [6.45, 7) is 2.01. The van der Waals surface area contributed by atoms with Crippen LogP contribution in [-0.4, -0.2) is 11.8 Å². The van der Waals surface area contributed by atoms with E-state index >= 15 is 0 Å². The number of carbonyl (C=O) groups is 2. The first-order valence-electron chi connectivity index (χ1n) is 11.0. The molecule has 2 amide bonds. The number of nitrogens with one attached hydrogen (secondary N) is 2. The third-order valence-electron chi connectivity index (χ3n) is 5.04. The fourth-order valence-corrected chi connectivity index (χ4v) is 4.40. The zero-order chi connectivity index (χ0) is 25.4. The second-order valence-corrected chi connectivity index (χ2v) is 9.35. The van der Waals surface area contributed by atoms with Gasteiger partial charge < -0.3 is 10.6 Å². The Kier molecular flexibility index (Phi) is 9.23. The number of thioether (sulfide) groups is 1. The van der Waals surface area contributed by atoms with E-state index in [0.29, 0.717) is 17.7 Å². The topological polar surface area (TPSA) is 58.2 Å². The van der Waals surface area contributed by atoms with Crippen LogP contribution in [0.3, 0.4) is 0 Å². The number of halogens is 4. The van der Waals surface area contributed by atoms with E-state index < -0.39 is 22.9 Å². The minimum atomic E-state index is -4.56. The summed E-state index contributed by atoms with van der Waals surface area (Å²) in [5, 5.41) is 4.63. The van der Waals surface area contributed by atoms with Crippen molar-refractivity contribution in [2.45, 2.75) is 42.5 Å². The van der Waals surface area contributed by atoms with Gasteiger partial charge in [0, 0.05) is 17.0 Å². The third kappa shape index (κ3) is 7.77. The Morgan fingerprint density at radius 3 is 2.29 bits per heavy atom. The first-order chi connectivity index (χ1) is 16.7. The molecule has 0 heterocycles. The Labute approximate surface area is 211 Å². The van der Waals surface area contributed by atoms with Crippen LogP contribution >= 0.6 is 23.4 Å². The molecule has 4 nitrogen and oxygen atoms in total. The summed E-state index contributed by atoms with van der Waals surface area (Å²) in [4.78, 5) is 25.9. The van der Waals surface area contributed by atoms with E-state index in [0.717, 1.165) is 35.9 Å². The lowest BCUT2D eigenvalue weighted by Gasteiger charge is -2.18. The van der Waals surface area contributed by atoms with Gasteiger partial charge in [0.15, 0.2) is 0 Å². The van der Waals surface area contributed by atoms with Crippen molar-refractivity contribution in [2.75, 3.05) is 10.6 Å². The Balaban J connectivity index is 1.79. The summed E-state index contributed by atoms with van der Waals surface area (Å²) in [5.41, 5.74) is 0.304. The van der Waals surface area contributed by atoms with Crippen LogP contribution in [-0.2, 0) is 15.8 Å². The Morgan fingerprint density at radius 1 is 0.971 bits per heavy atom. The van der Waals surface area contributed by atoms with Crippen molar-refractivity contribution in [3.05, 3.63) is 88.9 Å². The van der Waals surface area contributed by atoms with Gasteiger partial charge in [-0.2, -0.15) is 13.2 Å². The van der Waals surface area contributed by atoms with Crippen molar-refractivity contribution in [1.29, 1.82) is 0 Å². The maximum atomic E-state index is 13.2. The molecule has 0 spiro atoms. The van der Waals surface area contributed by atoms with Crippen LogP contribution in [0, 0.1) is 0 Å². The molecule has 3 aromatic rings. The van der Waals surface area contributed by atoms with Gasteiger partial charge in [0.1, 0.15) is 5.25 Å². The van der Waals surface area contributed by atoms with Crippen molar-refractivity contribution in [3.8, 4) is 0 Å². The Bertz CT molecular complexity index is 1160. The predicted octanol–water partition coefficient (Wildman–Crippen LogP) is 7.96.